The van der Waals surface area contributed by atoms with Crippen molar-refractivity contribution in [2.24, 2.45) is 0 Å². The van der Waals surface area contributed by atoms with Gasteiger partial charge in [-0.2, -0.15) is 35.4 Å². The molecule has 1 aromatic rings. The first-order valence-corrected chi connectivity index (χ1v) is 2.74. The van der Waals surface area contributed by atoms with Gasteiger partial charge in [-0.1, -0.05) is 13.8 Å². The molecule has 0 fully saturated rings. The molecule has 0 nitrogen and oxygen atoms in total. The van der Waals surface area contributed by atoms with Crippen LogP contribution < -0.4 is 0 Å². The largest absolute Gasteiger partial charge is 0.177 e. The Hall–Kier alpha value is -0.780. The molecular formula is C8H9-. The number of benzene rings is 1. The van der Waals surface area contributed by atoms with Gasteiger partial charge in [0.05, 0.1) is 0 Å². The lowest BCUT2D eigenvalue weighted by Gasteiger charge is -2.01. The van der Waals surface area contributed by atoms with Crippen molar-refractivity contribution in [3.8, 4) is 0 Å². The van der Waals surface area contributed by atoms with Gasteiger partial charge >= 0.3 is 0 Å². The maximum atomic E-state index is 3.17. The van der Waals surface area contributed by atoms with Gasteiger partial charge in [0.15, 0.2) is 0 Å². The average molecular weight is 105 g/mol. The van der Waals surface area contributed by atoms with E-state index in [-0.39, 0.29) is 0 Å². The maximum Gasteiger partial charge on any atom is -0.0630 e. The van der Waals surface area contributed by atoms with E-state index in [1.165, 1.54) is 11.1 Å². The Labute approximate surface area is 50.2 Å². The highest BCUT2D eigenvalue weighted by atomic mass is 13.9. The van der Waals surface area contributed by atoms with Gasteiger partial charge in [-0.25, -0.2) is 0 Å². The van der Waals surface area contributed by atoms with Crippen molar-refractivity contribution in [2.45, 2.75) is 13.8 Å². The van der Waals surface area contributed by atoms with Crippen LogP contribution in [0, 0.1) is 19.9 Å². The molecule has 0 bridgehead atoms. The minimum absolute atomic E-state index is 1.21. The van der Waals surface area contributed by atoms with E-state index in [0.717, 1.165) is 0 Å². The van der Waals surface area contributed by atoms with Gasteiger partial charge in [-0.3, -0.25) is 0 Å². The summed E-state index contributed by atoms with van der Waals surface area (Å²) in [6.45, 7) is 4.10. The summed E-state index contributed by atoms with van der Waals surface area (Å²) in [6, 6.07) is 9.31. The van der Waals surface area contributed by atoms with E-state index >= 15 is 0 Å². The van der Waals surface area contributed by atoms with Crippen LogP contribution in [0.15, 0.2) is 18.2 Å². The molecule has 0 saturated carbocycles. The van der Waals surface area contributed by atoms with Crippen molar-refractivity contribution < 1.29 is 0 Å². The van der Waals surface area contributed by atoms with Crippen molar-refractivity contribution >= 4 is 0 Å². The molecule has 1 aromatic carbocycles. The molecule has 0 spiro atoms. The Morgan fingerprint density at radius 1 is 1.12 bits per heavy atom. The summed E-state index contributed by atoms with van der Waals surface area (Å²) in [5, 5.41) is 0. The second-order valence-corrected chi connectivity index (χ2v) is 2.02. The SMILES string of the molecule is Cc1[c-]c(C)ccc1. The molecule has 0 atom stereocenters. The highest BCUT2D eigenvalue weighted by Gasteiger charge is 1.70. The number of rotatable bonds is 0. The van der Waals surface area contributed by atoms with Crippen LogP contribution in [-0.2, 0) is 0 Å². The molecule has 8 heavy (non-hydrogen) atoms. The summed E-state index contributed by atoms with van der Waals surface area (Å²) in [4.78, 5) is 0. The fraction of sp³-hybridized carbons (Fsp3) is 0.250. The zero-order valence-corrected chi connectivity index (χ0v) is 5.23. The summed E-state index contributed by atoms with van der Waals surface area (Å²) in [7, 11) is 0. The summed E-state index contributed by atoms with van der Waals surface area (Å²) in [6.07, 6.45) is 0. The van der Waals surface area contributed by atoms with Crippen LogP contribution in [0.25, 0.3) is 0 Å². The van der Waals surface area contributed by atoms with Crippen LogP contribution in [0.2, 0.25) is 0 Å². The van der Waals surface area contributed by atoms with Gasteiger partial charge in [0.2, 0.25) is 0 Å². The standard InChI is InChI=1S/C8H9/c1-7-4-3-5-8(2)6-7/h3-5H,1-2H3/q-1. The van der Waals surface area contributed by atoms with Crippen molar-refractivity contribution in [2.75, 3.05) is 0 Å². The van der Waals surface area contributed by atoms with Crippen molar-refractivity contribution in [1.82, 2.24) is 0 Å². The van der Waals surface area contributed by atoms with E-state index in [0.29, 0.717) is 0 Å². The normalized spacial score (nSPS) is 9.25. The Kier molecular flexibility index (Phi) is 1.34. The Balaban J connectivity index is 3.08. The fourth-order valence-electron chi connectivity index (χ4n) is 0.731. The molecular weight excluding hydrogens is 96.1 g/mol. The van der Waals surface area contributed by atoms with Crippen LogP contribution >= 0.6 is 0 Å². The third kappa shape index (κ3) is 1.09. The zero-order chi connectivity index (χ0) is 5.98. The second kappa shape index (κ2) is 1.99. The number of aryl methyl sites for hydroxylation is 2. The molecule has 0 N–H and O–H groups in total. The first-order valence-electron chi connectivity index (χ1n) is 2.74. The van der Waals surface area contributed by atoms with Crippen LogP contribution in [0.1, 0.15) is 11.1 Å². The molecule has 0 heterocycles. The van der Waals surface area contributed by atoms with E-state index in [4.69, 9.17) is 0 Å². The molecule has 42 valence electrons. The van der Waals surface area contributed by atoms with Crippen LogP contribution in [-0.4, -0.2) is 0 Å². The Morgan fingerprint density at radius 2 is 1.62 bits per heavy atom. The highest BCUT2D eigenvalue weighted by Crippen LogP contribution is 1.98. The third-order valence-electron chi connectivity index (χ3n) is 1.09. The molecule has 0 saturated heterocycles. The molecule has 1 rings (SSSR count). The molecule has 0 amide bonds. The van der Waals surface area contributed by atoms with E-state index in [1.807, 2.05) is 32.0 Å². The Morgan fingerprint density at radius 3 is 1.88 bits per heavy atom. The highest BCUT2D eigenvalue weighted by molar-refractivity contribution is 5.18. The fourth-order valence-corrected chi connectivity index (χ4v) is 0.731. The van der Waals surface area contributed by atoms with E-state index in [2.05, 4.69) is 6.07 Å². The monoisotopic (exact) mass is 105 g/mol. The summed E-state index contributed by atoms with van der Waals surface area (Å²) >= 11 is 0. The first-order chi connectivity index (χ1) is 3.79. The lowest BCUT2D eigenvalue weighted by Crippen LogP contribution is -1.72. The van der Waals surface area contributed by atoms with E-state index < -0.39 is 0 Å². The van der Waals surface area contributed by atoms with Gasteiger partial charge in [0, 0.05) is 0 Å². The molecule has 0 unspecified atom stereocenters. The van der Waals surface area contributed by atoms with Gasteiger partial charge in [-0.15, -0.1) is 0 Å². The molecule has 0 aliphatic carbocycles. The van der Waals surface area contributed by atoms with Crippen LogP contribution in [0.3, 0.4) is 0 Å². The number of hydrogen-bond donors (Lipinski definition) is 0. The quantitative estimate of drug-likeness (QED) is 0.443. The van der Waals surface area contributed by atoms with Crippen molar-refractivity contribution in [3.63, 3.8) is 0 Å². The summed E-state index contributed by atoms with van der Waals surface area (Å²) in [5.74, 6) is 0. The summed E-state index contributed by atoms with van der Waals surface area (Å²) in [5.41, 5.74) is 2.43. The predicted molar refractivity (Wildman–Crippen MR) is 34.8 cm³/mol. The average Bonchev–Trinajstić information content (AvgIpc) is 1.64. The Bertz CT molecular complexity index is 160. The number of hydrogen-bond acceptors (Lipinski definition) is 0. The van der Waals surface area contributed by atoms with Crippen molar-refractivity contribution in [1.29, 1.82) is 0 Å². The third-order valence-corrected chi connectivity index (χ3v) is 1.09. The molecule has 0 aromatic heterocycles. The zero-order valence-electron chi connectivity index (χ0n) is 5.23. The minimum Gasteiger partial charge on any atom is -0.177 e. The lowest BCUT2D eigenvalue weighted by molar-refractivity contribution is 1.37. The van der Waals surface area contributed by atoms with Gasteiger partial charge in [-0.05, 0) is 0 Å². The minimum atomic E-state index is 1.21. The molecule has 0 aliphatic heterocycles. The van der Waals surface area contributed by atoms with Gasteiger partial charge in [0.25, 0.3) is 0 Å². The topological polar surface area (TPSA) is 0 Å². The van der Waals surface area contributed by atoms with Gasteiger partial charge < -0.3 is 0 Å². The molecule has 0 heteroatoms. The van der Waals surface area contributed by atoms with E-state index in [1.54, 1.807) is 0 Å². The molecule has 0 radical (unpaired) electrons. The van der Waals surface area contributed by atoms with E-state index in [9.17, 15) is 0 Å². The summed E-state index contributed by atoms with van der Waals surface area (Å²) < 4.78 is 0. The van der Waals surface area contributed by atoms with Crippen LogP contribution in [0.4, 0.5) is 0 Å². The van der Waals surface area contributed by atoms with Gasteiger partial charge in [0.1, 0.15) is 0 Å². The second-order valence-electron chi connectivity index (χ2n) is 2.02. The first kappa shape index (κ1) is 5.36. The lowest BCUT2D eigenvalue weighted by atomic mass is 10.2. The van der Waals surface area contributed by atoms with Crippen LogP contribution in [0.5, 0.6) is 0 Å². The maximum absolute atomic E-state index is 3.17. The predicted octanol–water partition coefficient (Wildman–Crippen LogP) is 2.10. The molecule has 0 aliphatic rings. The smallest absolute Gasteiger partial charge is 0.0630 e. The van der Waals surface area contributed by atoms with Crippen molar-refractivity contribution in [3.05, 3.63) is 35.4 Å².